The van der Waals surface area contributed by atoms with Crippen LogP contribution in [-0.2, 0) is 0 Å². The minimum absolute atomic E-state index is 0.335. The van der Waals surface area contributed by atoms with E-state index in [0.29, 0.717) is 14.5 Å². The van der Waals surface area contributed by atoms with Gasteiger partial charge in [-0.2, -0.15) is 0 Å². The summed E-state index contributed by atoms with van der Waals surface area (Å²) < 4.78 is 7.95. The van der Waals surface area contributed by atoms with Crippen LogP contribution in [-0.4, -0.2) is 19.1 Å². The molecule has 0 amide bonds. The fourth-order valence-electron chi connectivity index (χ4n) is 8.03. The molecule has 0 saturated heterocycles. The number of anilines is 3. The fourth-order valence-corrected chi connectivity index (χ4v) is 11.6. The van der Waals surface area contributed by atoms with Gasteiger partial charge in [0.1, 0.15) is 0 Å². The Morgan fingerprint density at radius 1 is 0.423 bits per heavy atom. The van der Waals surface area contributed by atoms with Crippen LogP contribution < -0.4 is 4.90 Å². The van der Waals surface area contributed by atoms with Gasteiger partial charge < -0.3 is 0 Å². The van der Waals surface area contributed by atoms with Gasteiger partial charge in [0.05, 0.1) is 5.52 Å². The summed E-state index contributed by atoms with van der Waals surface area (Å²) >= 11 is 2.20. The van der Waals surface area contributed by atoms with E-state index in [1.165, 1.54) is 78.1 Å². The number of hydrogen-bond acceptors (Lipinski definition) is 2. The number of para-hydroxylation sites is 2. The molecule has 0 N–H and O–H groups in total. The van der Waals surface area contributed by atoms with Gasteiger partial charge in [-0.3, -0.25) is 0 Å². The molecule has 0 aliphatic heterocycles. The van der Waals surface area contributed by atoms with E-state index < -0.39 is 0 Å². The number of thiophene rings is 1. The van der Waals surface area contributed by atoms with Crippen LogP contribution in [0.1, 0.15) is 0 Å². The van der Waals surface area contributed by atoms with Crippen molar-refractivity contribution in [2.45, 2.75) is 0 Å². The van der Waals surface area contributed by atoms with Gasteiger partial charge in [-0.15, -0.1) is 0 Å². The van der Waals surface area contributed by atoms with E-state index in [2.05, 4.69) is 191 Å². The Morgan fingerprint density at radius 3 is 1.96 bits per heavy atom. The number of fused-ring (bicyclic) bond motifs is 9. The van der Waals surface area contributed by atoms with Crippen LogP contribution in [0.5, 0.6) is 0 Å². The summed E-state index contributed by atoms with van der Waals surface area (Å²) in [6, 6.07) is 67.1. The van der Waals surface area contributed by atoms with Crippen LogP contribution in [0, 0.1) is 0 Å². The molecule has 0 saturated carbocycles. The molecule has 0 fully saturated rings. The average molecular weight is 746 g/mol. The second-order valence-electron chi connectivity index (χ2n) is 13.3. The summed E-state index contributed by atoms with van der Waals surface area (Å²) in [6.45, 7) is 0. The molecule has 0 aliphatic rings. The van der Waals surface area contributed by atoms with Crippen LogP contribution in [0.25, 0.3) is 78.1 Å². The Kier molecular flexibility index (Phi) is 6.78. The van der Waals surface area contributed by atoms with Crippen LogP contribution in [0.2, 0.25) is 0 Å². The van der Waals surface area contributed by atoms with Crippen molar-refractivity contribution < 1.29 is 0 Å². The van der Waals surface area contributed by atoms with Gasteiger partial charge in [0, 0.05) is 11.1 Å². The molecule has 52 heavy (non-hydrogen) atoms. The van der Waals surface area contributed by atoms with E-state index in [4.69, 9.17) is 0 Å². The Hall–Kier alpha value is -5.90. The van der Waals surface area contributed by atoms with Gasteiger partial charge in [-0.25, -0.2) is 0 Å². The fraction of sp³-hybridized carbons (Fsp3) is 0. The van der Waals surface area contributed by atoms with Crippen molar-refractivity contribution in [2.75, 3.05) is 4.90 Å². The minimum atomic E-state index is 0.335. The summed E-state index contributed by atoms with van der Waals surface area (Å²) in [5.41, 5.74) is 9.50. The van der Waals surface area contributed by atoms with Crippen molar-refractivity contribution in [1.29, 1.82) is 0 Å². The topological polar surface area (TPSA) is 8.17 Å². The summed E-state index contributed by atoms with van der Waals surface area (Å²) in [6.07, 6.45) is 0. The largest absolute Gasteiger partial charge is 0.0602 e. The van der Waals surface area contributed by atoms with Crippen molar-refractivity contribution in [1.82, 2.24) is 4.57 Å². The molecule has 2 nitrogen and oxygen atoms in total. The standard InChI is InChI=1S/C48H30N2SSe/c1-2-11-33(12-3-1)50-41-16-7-4-13-36(41)37-28-26-35(30-43(37)50)49(42-17-10-19-45-48(42)40-15-5-8-18-44(40)51-45)34-24-21-31(22-25-34)32-23-27-39-38-14-6-9-20-46(38)52-47(39)29-32/h1-30H. The van der Waals surface area contributed by atoms with E-state index >= 15 is 0 Å². The zero-order chi connectivity index (χ0) is 34.2. The normalized spacial score (nSPS) is 11.8. The predicted molar refractivity (Wildman–Crippen MR) is 226 cm³/mol. The monoisotopic (exact) mass is 746 g/mol. The first-order valence-corrected chi connectivity index (χ1v) is 20.1. The van der Waals surface area contributed by atoms with Crippen molar-refractivity contribution in [3.63, 3.8) is 0 Å². The van der Waals surface area contributed by atoms with Gasteiger partial charge in [0.2, 0.25) is 0 Å². The number of hydrogen-bond donors (Lipinski definition) is 0. The maximum Gasteiger partial charge on any atom is -0.0380 e. The Balaban J connectivity index is 1.12. The van der Waals surface area contributed by atoms with Crippen LogP contribution in [0.3, 0.4) is 0 Å². The van der Waals surface area contributed by atoms with E-state index in [1.807, 2.05) is 11.3 Å². The van der Waals surface area contributed by atoms with Gasteiger partial charge in [-0.05, 0) is 24.3 Å². The van der Waals surface area contributed by atoms with Crippen molar-refractivity contribution >= 4 is 104 Å². The molecule has 11 aromatic rings. The molecule has 3 aromatic heterocycles. The number of rotatable bonds is 5. The van der Waals surface area contributed by atoms with Gasteiger partial charge in [0.25, 0.3) is 0 Å². The molecule has 0 bridgehead atoms. The molecule has 8 aromatic carbocycles. The SMILES string of the molecule is c1ccc(-n2c3ccccc3c3ccc(N(c4ccc(-c5ccc6c(c5)[se]c5ccccc56)cc4)c4cccc5sc6ccccc6c45)cc32)cc1. The molecule has 0 spiro atoms. The molecule has 11 rings (SSSR count). The number of benzene rings is 8. The molecule has 244 valence electrons. The first-order chi connectivity index (χ1) is 25.8. The van der Waals surface area contributed by atoms with E-state index in [1.54, 1.807) is 0 Å². The zero-order valence-corrected chi connectivity index (χ0v) is 30.6. The Labute approximate surface area is 310 Å². The van der Waals surface area contributed by atoms with Crippen LogP contribution >= 0.6 is 11.3 Å². The third kappa shape index (κ3) is 4.62. The van der Waals surface area contributed by atoms with Gasteiger partial charge in [0.15, 0.2) is 0 Å². The smallest absolute Gasteiger partial charge is 0.0380 e. The molecule has 0 radical (unpaired) electrons. The third-order valence-corrected chi connectivity index (χ3v) is 13.9. The van der Waals surface area contributed by atoms with E-state index in [9.17, 15) is 0 Å². The summed E-state index contributed by atoms with van der Waals surface area (Å²) in [4.78, 5) is 2.46. The summed E-state index contributed by atoms with van der Waals surface area (Å²) in [5.74, 6) is 0. The molecule has 0 aliphatic carbocycles. The zero-order valence-electron chi connectivity index (χ0n) is 28.0. The first kappa shape index (κ1) is 29.8. The summed E-state index contributed by atoms with van der Waals surface area (Å²) in [7, 11) is 0. The number of aromatic nitrogens is 1. The second kappa shape index (κ2) is 11.8. The average Bonchev–Trinajstić information content (AvgIpc) is 3.88. The summed E-state index contributed by atoms with van der Waals surface area (Å²) in [5, 5.41) is 7.87. The van der Waals surface area contributed by atoms with Crippen molar-refractivity contribution in [3.8, 4) is 16.8 Å². The van der Waals surface area contributed by atoms with Gasteiger partial charge >= 0.3 is 223 Å². The van der Waals surface area contributed by atoms with Gasteiger partial charge in [-0.1, -0.05) is 48.5 Å². The molecule has 0 unspecified atom stereocenters. The third-order valence-electron chi connectivity index (χ3n) is 10.4. The second-order valence-corrected chi connectivity index (χ2v) is 16.7. The molecular formula is C48H30N2SSe. The predicted octanol–water partition coefficient (Wildman–Crippen LogP) is 13.7. The Morgan fingerprint density at radius 2 is 1.08 bits per heavy atom. The number of nitrogens with zero attached hydrogens (tertiary/aromatic N) is 2. The maximum atomic E-state index is 2.46. The molecule has 4 heteroatoms. The van der Waals surface area contributed by atoms with Crippen molar-refractivity contribution in [2.24, 2.45) is 0 Å². The Bertz CT molecular complexity index is 3130. The van der Waals surface area contributed by atoms with Crippen LogP contribution in [0.15, 0.2) is 182 Å². The van der Waals surface area contributed by atoms with E-state index in [0.717, 1.165) is 17.1 Å². The first-order valence-electron chi connectivity index (χ1n) is 17.6. The quantitative estimate of drug-likeness (QED) is 0.159. The molecular weight excluding hydrogens is 716 g/mol. The minimum Gasteiger partial charge on any atom is -0.0602 e. The molecule has 3 heterocycles. The van der Waals surface area contributed by atoms with E-state index in [-0.39, 0.29) is 0 Å². The van der Waals surface area contributed by atoms with Crippen LogP contribution in [0.4, 0.5) is 17.1 Å². The van der Waals surface area contributed by atoms with Crippen molar-refractivity contribution in [3.05, 3.63) is 182 Å². The maximum absolute atomic E-state index is 2.46. The molecule has 0 atom stereocenters.